The minimum atomic E-state index is -0.443. The molecule has 3 heterocycles. The number of imidazole rings is 1. The molecule has 1 unspecified atom stereocenters. The zero-order valence-corrected chi connectivity index (χ0v) is 17.5. The first-order valence-corrected chi connectivity index (χ1v) is 10.3. The van der Waals surface area contributed by atoms with Gasteiger partial charge in [0.05, 0.1) is 18.2 Å². The minimum absolute atomic E-state index is 0.00612. The maximum atomic E-state index is 13.2. The highest BCUT2D eigenvalue weighted by Crippen LogP contribution is 2.25. The molecule has 1 aliphatic rings. The Bertz CT molecular complexity index is 1310. The van der Waals surface area contributed by atoms with Crippen molar-refractivity contribution >= 4 is 17.1 Å². The Morgan fingerprint density at radius 1 is 1.32 bits per heavy atom. The largest absolute Gasteiger partial charge is 0.341 e. The van der Waals surface area contributed by atoms with E-state index < -0.39 is 11.2 Å². The van der Waals surface area contributed by atoms with Gasteiger partial charge in [0, 0.05) is 32.7 Å². The number of nitrogens with zero attached hydrogens (tertiary/aromatic N) is 6. The van der Waals surface area contributed by atoms with Crippen molar-refractivity contribution in [2.24, 2.45) is 12.8 Å². The van der Waals surface area contributed by atoms with Gasteiger partial charge < -0.3 is 10.6 Å². The SMILES string of the molecule is C=CCn1c(=O)n(C)c(=O)c2c1nc(N1CCCC(N)C1)n2Cc1ccccc1C#N. The second-order valence-corrected chi connectivity index (χ2v) is 7.83. The molecule has 9 nitrogen and oxygen atoms in total. The topological polar surface area (TPSA) is 115 Å². The quantitative estimate of drug-likeness (QED) is 0.615. The summed E-state index contributed by atoms with van der Waals surface area (Å²) in [6.45, 7) is 5.60. The Hall–Kier alpha value is -3.64. The molecule has 0 amide bonds. The molecule has 9 heteroatoms. The van der Waals surface area contributed by atoms with Crippen LogP contribution in [0.3, 0.4) is 0 Å². The van der Waals surface area contributed by atoms with Crippen LogP contribution in [0.1, 0.15) is 24.0 Å². The van der Waals surface area contributed by atoms with E-state index in [0.717, 1.165) is 29.5 Å². The molecular weight excluding hydrogens is 394 g/mol. The van der Waals surface area contributed by atoms with Gasteiger partial charge in [0.25, 0.3) is 5.56 Å². The molecule has 31 heavy (non-hydrogen) atoms. The monoisotopic (exact) mass is 419 g/mol. The lowest BCUT2D eigenvalue weighted by Crippen LogP contribution is -2.44. The summed E-state index contributed by atoms with van der Waals surface area (Å²) in [5, 5.41) is 9.54. The van der Waals surface area contributed by atoms with E-state index in [1.807, 2.05) is 16.7 Å². The molecule has 160 valence electrons. The van der Waals surface area contributed by atoms with E-state index in [9.17, 15) is 14.9 Å². The van der Waals surface area contributed by atoms with Gasteiger partial charge in [-0.2, -0.15) is 10.2 Å². The van der Waals surface area contributed by atoms with Gasteiger partial charge in [0.15, 0.2) is 11.2 Å². The van der Waals surface area contributed by atoms with Gasteiger partial charge in [-0.15, -0.1) is 6.58 Å². The third-order valence-corrected chi connectivity index (χ3v) is 5.73. The van der Waals surface area contributed by atoms with E-state index in [4.69, 9.17) is 10.7 Å². The molecule has 0 bridgehead atoms. The molecule has 0 saturated carbocycles. The number of aromatic nitrogens is 4. The van der Waals surface area contributed by atoms with Crippen LogP contribution >= 0.6 is 0 Å². The summed E-state index contributed by atoms with van der Waals surface area (Å²) in [5.74, 6) is 0.582. The molecule has 1 fully saturated rings. The fraction of sp³-hybridized carbons (Fsp3) is 0.364. The first-order valence-electron chi connectivity index (χ1n) is 10.3. The van der Waals surface area contributed by atoms with Crippen molar-refractivity contribution in [3.63, 3.8) is 0 Å². The predicted octanol–water partition coefficient (Wildman–Crippen LogP) is 0.930. The summed E-state index contributed by atoms with van der Waals surface area (Å²) >= 11 is 0. The van der Waals surface area contributed by atoms with Gasteiger partial charge in [0.2, 0.25) is 5.95 Å². The summed E-state index contributed by atoms with van der Waals surface area (Å²) in [6, 6.07) is 9.49. The first-order chi connectivity index (χ1) is 15.0. The van der Waals surface area contributed by atoms with E-state index in [-0.39, 0.29) is 19.1 Å². The number of allylic oxidation sites excluding steroid dienone is 1. The number of hydrogen-bond donors (Lipinski definition) is 1. The average molecular weight is 419 g/mol. The van der Waals surface area contributed by atoms with Crippen LogP contribution in [0, 0.1) is 11.3 Å². The van der Waals surface area contributed by atoms with Crippen molar-refractivity contribution in [2.75, 3.05) is 18.0 Å². The van der Waals surface area contributed by atoms with Gasteiger partial charge in [-0.3, -0.25) is 18.5 Å². The highest BCUT2D eigenvalue weighted by Gasteiger charge is 2.26. The van der Waals surface area contributed by atoms with Crippen LogP contribution < -0.4 is 21.9 Å². The highest BCUT2D eigenvalue weighted by molar-refractivity contribution is 5.75. The van der Waals surface area contributed by atoms with Gasteiger partial charge in [-0.1, -0.05) is 24.3 Å². The maximum Gasteiger partial charge on any atom is 0.332 e. The summed E-state index contributed by atoms with van der Waals surface area (Å²) in [7, 11) is 1.46. The van der Waals surface area contributed by atoms with Crippen molar-refractivity contribution in [1.82, 2.24) is 18.7 Å². The molecule has 0 spiro atoms. The summed E-state index contributed by atoms with van der Waals surface area (Å²) in [6.07, 6.45) is 3.44. The van der Waals surface area contributed by atoms with Gasteiger partial charge >= 0.3 is 5.69 Å². The summed E-state index contributed by atoms with van der Waals surface area (Å²) in [5.41, 5.74) is 7.28. The van der Waals surface area contributed by atoms with Crippen LogP contribution in [-0.2, 0) is 20.1 Å². The number of piperidine rings is 1. The smallest absolute Gasteiger partial charge is 0.332 e. The van der Waals surface area contributed by atoms with E-state index in [1.54, 1.807) is 18.2 Å². The lowest BCUT2D eigenvalue weighted by atomic mass is 10.1. The van der Waals surface area contributed by atoms with E-state index >= 15 is 0 Å². The molecule has 0 radical (unpaired) electrons. The Morgan fingerprint density at radius 3 is 2.81 bits per heavy atom. The van der Waals surface area contributed by atoms with E-state index in [2.05, 4.69) is 17.5 Å². The zero-order chi connectivity index (χ0) is 22.1. The average Bonchev–Trinajstić information content (AvgIpc) is 3.14. The van der Waals surface area contributed by atoms with Crippen LogP contribution in [0.15, 0.2) is 46.5 Å². The molecule has 1 saturated heterocycles. The molecule has 3 aromatic rings. The third kappa shape index (κ3) is 3.55. The van der Waals surface area contributed by atoms with Crippen LogP contribution in [0.4, 0.5) is 5.95 Å². The van der Waals surface area contributed by atoms with Gasteiger partial charge in [0.1, 0.15) is 0 Å². The Labute approximate surface area is 179 Å². The first kappa shape index (κ1) is 20.6. The van der Waals surface area contributed by atoms with Gasteiger partial charge in [-0.25, -0.2) is 4.79 Å². The molecule has 2 aromatic heterocycles. The molecule has 1 atom stereocenters. The minimum Gasteiger partial charge on any atom is -0.341 e. The number of anilines is 1. The van der Waals surface area contributed by atoms with Crippen molar-refractivity contribution in [2.45, 2.75) is 32.0 Å². The number of nitrogens with two attached hydrogens (primary N) is 1. The number of rotatable bonds is 5. The fourth-order valence-corrected chi connectivity index (χ4v) is 4.16. The number of hydrogen-bond acceptors (Lipinski definition) is 6. The third-order valence-electron chi connectivity index (χ3n) is 5.73. The highest BCUT2D eigenvalue weighted by atomic mass is 16.2. The number of benzene rings is 1. The van der Waals surface area contributed by atoms with Crippen LogP contribution in [-0.4, -0.2) is 37.8 Å². The van der Waals surface area contributed by atoms with Crippen molar-refractivity contribution in [3.8, 4) is 6.07 Å². The lowest BCUT2D eigenvalue weighted by molar-refractivity contribution is 0.495. The normalized spacial score (nSPS) is 16.4. The molecule has 2 N–H and O–H groups in total. The lowest BCUT2D eigenvalue weighted by Gasteiger charge is -2.32. The van der Waals surface area contributed by atoms with Crippen LogP contribution in [0.25, 0.3) is 11.2 Å². The Kier molecular flexibility index (Phi) is 5.48. The molecule has 1 aromatic carbocycles. The molecule has 4 rings (SSSR count). The Morgan fingerprint density at radius 2 is 2.10 bits per heavy atom. The predicted molar refractivity (Wildman–Crippen MR) is 119 cm³/mol. The summed E-state index contributed by atoms with van der Waals surface area (Å²) < 4.78 is 4.35. The molecule has 0 aliphatic carbocycles. The second kappa shape index (κ2) is 8.24. The zero-order valence-electron chi connectivity index (χ0n) is 17.5. The van der Waals surface area contributed by atoms with Crippen molar-refractivity contribution in [3.05, 3.63) is 68.9 Å². The standard InChI is InChI=1S/C22H25N7O2/c1-3-10-28-19-18(20(30)26(2)22(28)31)29(13-16-8-5-4-7-15(16)12-23)21(25-19)27-11-6-9-17(24)14-27/h3-5,7-8,17H,1,6,9-11,13-14,24H2,2H3. The molecule has 1 aliphatic heterocycles. The van der Waals surface area contributed by atoms with Crippen molar-refractivity contribution < 1.29 is 0 Å². The number of nitriles is 1. The maximum absolute atomic E-state index is 13.2. The van der Waals surface area contributed by atoms with Crippen LogP contribution in [0.2, 0.25) is 0 Å². The second-order valence-electron chi connectivity index (χ2n) is 7.83. The fourth-order valence-electron chi connectivity index (χ4n) is 4.16. The Balaban J connectivity index is 2.02. The number of fused-ring (bicyclic) bond motifs is 1. The van der Waals surface area contributed by atoms with Crippen molar-refractivity contribution in [1.29, 1.82) is 5.26 Å². The van der Waals surface area contributed by atoms with E-state index in [1.165, 1.54) is 11.6 Å². The van der Waals surface area contributed by atoms with Gasteiger partial charge in [-0.05, 0) is 24.5 Å². The van der Waals surface area contributed by atoms with Crippen LogP contribution in [0.5, 0.6) is 0 Å². The van der Waals surface area contributed by atoms with E-state index in [0.29, 0.717) is 29.2 Å². The molecular formula is C22H25N7O2. The summed E-state index contributed by atoms with van der Waals surface area (Å²) in [4.78, 5) is 32.8.